The molecule has 0 spiro atoms. The Labute approximate surface area is 94.7 Å². The number of hydrogen-bond donors (Lipinski definition) is 3. The molecule has 84 valence electrons. The number of aliphatic hydroxyl groups is 1. The third-order valence-corrected chi connectivity index (χ3v) is 2.01. The largest absolute Gasteiger partial charge is 0.382 e. The molecule has 15 heavy (non-hydrogen) atoms. The van der Waals surface area contributed by atoms with Crippen molar-refractivity contribution in [3.05, 3.63) is 35.9 Å². The van der Waals surface area contributed by atoms with Crippen molar-refractivity contribution in [3.63, 3.8) is 0 Å². The van der Waals surface area contributed by atoms with Crippen molar-refractivity contribution in [2.24, 2.45) is 11.5 Å². The second-order valence-electron chi connectivity index (χ2n) is 3.20. The highest BCUT2D eigenvalue weighted by Gasteiger charge is 2.20. The van der Waals surface area contributed by atoms with Crippen LogP contribution in [0.4, 0.5) is 0 Å². The molecule has 0 radical (unpaired) electrons. The first-order chi connectivity index (χ1) is 6.61. The van der Waals surface area contributed by atoms with Gasteiger partial charge in [0.15, 0.2) is 0 Å². The molecule has 4 nitrogen and oxygen atoms in total. The van der Waals surface area contributed by atoms with Crippen molar-refractivity contribution in [1.29, 1.82) is 0 Å². The molecule has 2 atom stereocenters. The molecule has 5 heteroatoms. The second kappa shape index (κ2) is 6.40. The van der Waals surface area contributed by atoms with Crippen LogP contribution in [-0.4, -0.2) is 23.2 Å². The van der Waals surface area contributed by atoms with Gasteiger partial charge in [-0.25, -0.2) is 0 Å². The molecule has 1 aromatic carbocycles. The Morgan fingerprint density at radius 2 is 1.87 bits per heavy atom. The van der Waals surface area contributed by atoms with Gasteiger partial charge in [0, 0.05) is 6.04 Å². The average molecular weight is 231 g/mol. The van der Waals surface area contributed by atoms with E-state index >= 15 is 0 Å². The van der Waals surface area contributed by atoms with Gasteiger partial charge in [-0.05, 0) is 12.0 Å². The van der Waals surface area contributed by atoms with Crippen LogP contribution in [0.1, 0.15) is 5.56 Å². The fourth-order valence-electron chi connectivity index (χ4n) is 1.21. The van der Waals surface area contributed by atoms with Crippen LogP contribution in [0.25, 0.3) is 0 Å². The van der Waals surface area contributed by atoms with E-state index in [4.69, 9.17) is 11.5 Å². The fourth-order valence-corrected chi connectivity index (χ4v) is 1.21. The van der Waals surface area contributed by atoms with E-state index in [1.165, 1.54) is 0 Å². The van der Waals surface area contributed by atoms with Crippen LogP contribution < -0.4 is 11.5 Å². The molecule has 1 aromatic rings. The van der Waals surface area contributed by atoms with Gasteiger partial charge < -0.3 is 16.6 Å². The summed E-state index contributed by atoms with van der Waals surface area (Å²) in [5.41, 5.74) is 11.5. The molecule has 0 saturated heterocycles. The van der Waals surface area contributed by atoms with Gasteiger partial charge >= 0.3 is 0 Å². The van der Waals surface area contributed by atoms with Crippen molar-refractivity contribution in [2.75, 3.05) is 0 Å². The first-order valence-electron chi connectivity index (χ1n) is 4.38. The molecular weight excluding hydrogens is 216 g/mol. The Balaban J connectivity index is 0.00000196. The van der Waals surface area contributed by atoms with Crippen LogP contribution in [0.5, 0.6) is 0 Å². The lowest BCUT2D eigenvalue weighted by atomic mass is 10.0. The Bertz CT molecular complexity index is 306. The maximum absolute atomic E-state index is 10.6. The zero-order valence-electron chi connectivity index (χ0n) is 8.17. The van der Waals surface area contributed by atoms with Crippen LogP contribution in [0.2, 0.25) is 0 Å². The number of primary amides is 1. The van der Waals surface area contributed by atoms with Crippen LogP contribution in [0.3, 0.4) is 0 Å². The van der Waals surface area contributed by atoms with Gasteiger partial charge in [0.1, 0.15) is 6.10 Å². The van der Waals surface area contributed by atoms with Crippen LogP contribution in [0, 0.1) is 0 Å². The number of carbonyl (C=O) groups excluding carboxylic acids is 1. The monoisotopic (exact) mass is 230 g/mol. The standard InChI is InChI=1S/C10H14N2O2.ClH/c11-8(9(13)10(12)14)6-7-4-2-1-3-5-7;/h1-5,8-9,13H,6,11H2,(H2,12,14);1H. The summed E-state index contributed by atoms with van der Waals surface area (Å²) in [5.74, 6) is -0.784. The molecule has 2 unspecified atom stereocenters. The zero-order valence-corrected chi connectivity index (χ0v) is 8.98. The number of benzene rings is 1. The summed E-state index contributed by atoms with van der Waals surface area (Å²) in [6, 6.07) is 8.76. The first kappa shape index (κ1) is 13.9. The van der Waals surface area contributed by atoms with Crippen LogP contribution in [-0.2, 0) is 11.2 Å². The molecule has 1 amide bonds. The van der Waals surface area contributed by atoms with Gasteiger partial charge in [0.25, 0.3) is 0 Å². The summed E-state index contributed by atoms with van der Waals surface area (Å²) >= 11 is 0. The molecule has 5 N–H and O–H groups in total. The summed E-state index contributed by atoms with van der Waals surface area (Å²) in [6.07, 6.45) is -0.847. The Morgan fingerprint density at radius 3 is 2.33 bits per heavy atom. The third kappa shape index (κ3) is 4.29. The maximum Gasteiger partial charge on any atom is 0.247 e. The van der Waals surface area contributed by atoms with E-state index in [0.29, 0.717) is 6.42 Å². The molecule has 0 aliphatic carbocycles. The maximum atomic E-state index is 10.6. The number of halogens is 1. The van der Waals surface area contributed by atoms with E-state index in [1.54, 1.807) is 0 Å². The lowest BCUT2D eigenvalue weighted by Crippen LogP contribution is -2.45. The summed E-state index contributed by atoms with van der Waals surface area (Å²) in [4.78, 5) is 10.6. The van der Waals surface area contributed by atoms with Crippen molar-refractivity contribution >= 4 is 18.3 Å². The third-order valence-electron chi connectivity index (χ3n) is 2.01. The minimum atomic E-state index is -1.28. The van der Waals surface area contributed by atoms with Crippen molar-refractivity contribution < 1.29 is 9.90 Å². The topological polar surface area (TPSA) is 89.3 Å². The molecular formula is C10H15ClN2O2. The second-order valence-corrected chi connectivity index (χ2v) is 3.20. The van der Waals surface area contributed by atoms with E-state index in [2.05, 4.69) is 0 Å². The highest BCUT2D eigenvalue weighted by Crippen LogP contribution is 2.04. The highest BCUT2D eigenvalue weighted by molar-refractivity contribution is 5.85. The number of aliphatic hydroxyl groups excluding tert-OH is 1. The van der Waals surface area contributed by atoms with Gasteiger partial charge in [0.2, 0.25) is 5.91 Å². The van der Waals surface area contributed by atoms with E-state index in [-0.39, 0.29) is 12.4 Å². The smallest absolute Gasteiger partial charge is 0.247 e. The molecule has 0 aliphatic heterocycles. The van der Waals surface area contributed by atoms with E-state index in [1.807, 2.05) is 30.3 Å². The lowest BCUT2D eigenvalue weighted by molar-refractivity contribution is -0.126. The van der Waals surface area contributed by atoms with E-state index < -0.39 is 18.1 Å². The highest BCUT2D eigenvalue weighted by atomic mass is 35.5. The van der Waals surface area contributed by atoms with Gasteiger partial charge in [-0.15, -0.1) is 12.4 Å². The summed E-state index contributed by atoms with van der Waals surface area (Å²) < 4.78 is 0. The number of nitrogens with two attached hydrogens (primary N) is 2. The summed E-state index contributed by atoms with van der Waals surface area (Å²) in [7, 11) is 0. The number of amides is 1. The molecule has 0 fully saturated rings. The van der Waals surface area contributed by atoms with E-state index in [0.717, 1.165) is 5.56 Å². The molecule has 0 bridgehead atoms. The molecule has 1 rings (SSSR count). The predicted molar refractivity (Wildman–Crippen MR) is 60.6 cm³/mol. The number of carbonyl (C=O) groups is 1. The SMILES string of the molecule is Cl.NC(=O)C(O)C(N)Cc1ccccc1. The summed E-state index contributed by atoms with van der Waals surface area (Å²) in [5, 5.41) is 9.26. The van der Waals surface area contributed by atoms with Crippen molar-refractivity contribution in [1.82, 2.24) is 0 Å². The Morgan fingerprint density at radius 1 is 1.33 bits per heavy atom. The average Bonchev–Trinajstić information content (AvgIpc) is 2.18. The van der Waals surface area contributed by atoms with Gasteiger partial charge in [0.05, 0.1) is 0 Å². The van der Waals surface area contributed by atoms with Crippen LogP contribution >= 0.6 is 12.4 Å². The normalized spacial score (nSPS) is 13.7. The van der Waals surface area contributed by atoms with Crippen molar-refractivity contribution in [3.8, 4) is 0 Å². The molecule has 0 aliphatic rings. The van der Waals surface area contributed by atoms with Gasteiger partial charge in [-0.2, -0.15) is 0 Å². The number of hydrogen-bond acceptors (Lipinski definition) is 3. The van der Waals surface area contributed by atoms with E-state index in [9.17, 15) is 9.90 Å². The molecule has 0 heterocycles. The van der Waals surface area contributed by atoms with Gasteiger partial charge in [-0.1, -0.05) is 30.3 Å². The summed E-state index contributed by atoms with van der Waals surface area (Å²) in [6.45, 7) is 0. The minimum absolute atomic E-state index is 0. The molecule has 0 saturated carbocycles. The first-order valence-corrected chi connectivity index (χ1v) is 4.38. The quantitative estimate of drug-likeness (QED) is 0.671. The minimum Gasteiger partial charge on any atom is -0.382 e. The van der Waals surface area contributed by atoms with Crippen LogP contribution in [0.15, 0.2) is 30.3 Å². The fraction of sp³-hybridized carbons (Fsp3) is 0.300. The Kier molecular flexibility index (Phi) is 5.93. The molecule has 0 aromatic heterocycles. The van der Waals surface area contributed by atoms with Crippen molar-refractivity contribution in [2.45, 2.75) is 18.6 Å². The lowest BCUT2D eigenvalue weighted by Gasteiger charge is -2.15. The number of rotatable bonds is 4. The zero-order chi connectivity index (χ0) is 10.6. The Hall–Kier alpha value is -1.10. The van der Waals surface area contributed by atoms with Gasteiger partial charge in [-0.3, -0.25) is 4.79 Å². The predicted octanol–water partition coefficient (Wildman–Crippen LogP) is -0.176.